The number of benzene rings is 1. The summed E-state index contributed by atoms with van der Waals surface area (Å²) in [5.74, 6) is 0. The third-order valence-corrected chi connectivity index (χ3v) is 5.86. The number of hydrogen-bond acceptors (Lipinski definition) is 3. The van der Waals surface area contributed by atoms with Gasteiger partial charge in [0.2, 0.25) is 0 Å². The summed E-state index contributed by atoms with van der Waals surface area (Å²) < 4.78 is 2.12. The Morgan fingerprint density at radius 3 is 2.52 bits per heavy atom. The molecule has 1 atom stereocenters. The first-order chi connectivity index (χ1) is 12.2. The molecule has 0 saturated carbocycles. The van der Waals surface area contributed by atoms with E-state index in [9.17, 15) is 0 Å². The van der Waals surface area contributed by atoms with E-state index in [1.54, 1.807) is 0 Å². The lowest BCUT2D eigenvalue weighted by atomic mass is 10.2. The van der Waals surface area contributed by atoms with Crippen molar-refractivity contribution in [1.29, 1.82) is 0 Å². The van der Waals surface area contributed by atoms with Crippen LogP contribution in [0.15, 0.2) is 48.8 Å². The first kappa shape index (κ1) is 16.6. The fourth-order valence-electron chi connectivity index (χ4n) is 3.44. The van der Waals surface area contributed by atoms with Crippen LogP contribution in [0.5, 0.6) is 0 Å². The summed E-state index contributed by atoms with van der Waals surface area (Å²) in [6.07, 6.45) is 4.25. The highest BCUT2D eigenvalue weighted by Crippen LogP contribution is 2.18. The third kappa shape index (κ3) is 3.70. The van der Waals surface area contributed by atoms with Gasteiger partial charge in [0.1, 0.15) is 5.65 Å². The Morgan fingerprint density at radius 2 is 1.80 bits per heavy atom. The maximum atomic E-state index is 4.77. The van der Waals surface area contributed by atoms with Crippen molar-refractivity contribution in [2.75, 3.05) is 37.7 Å². The van der Waals surface area contributed by atoms with Crippen LogP contribution >= 0.6 is 8.58 Å². The maximum absolute atomic E-state index is 4.77. The molecule has 3 aromatic rings. The molecule has 0 radical (unpaired) electrons. The first-order valence-electron chi connectivity index (χ1n) is 8.90. The monoisotopic (exact) mass is 352 g/mol. The standard InChI is InChI=1S/C20H25N4P/c1-16-7-8-24-15-17(21-20(24)13-16)14-22-9-11-23(12-10-22)18-3-5-19(25-2)6-4-18/h3-8,13,15,25H,9-12,14H2,1-2H3. The van der Waals surface area contributed by atoms with Crippen LogP contribution in [0.25, 0.3) is 5.65 Å². The van der Waals surface area contributed by atoms with Gasteiger partial charge in [0, 0.05) is 50.8 Å². The van der Waals surface area contributed by atoms with E-state index < -0.39 is 0 Å². The second kappa shape index (κ2) is 7.15. The summed E-state index contributed by atoms with van der Waals surface area (Å²) in [5.41, 5.74) is 4.82. The highest BCUT2D eigenvalue weighted by Gasteiger charge is 2.18. The number of hydrogen-bond donors (Lipinski definition) is 0. The Hall–Kier alpha value is -1.90. The van der Waals surface area contributed by atoms with E-state index in [-0.39, 0.29) is 0 Å². The summed E-state index contributed by atoms with van der Waals surface area (Å²) in [6, 6.07) is 13.3. The van der Waals surface area contributed by atoms with Crippen molar-refractivity contribution in [3.05, 3.63) is 60.0 Å². The lowest BCUT2D eigenvalue weighted by Crippen LogP contribution is -2.46. The lowest BCUT2D eigenvalue weighted by molar-refractivity contribution is 0.247. The minimum Gasteiger partial charge on any atom is -0.369 e. The molecule has 25 heavy (non-hydrogen) atoms. The van der Waals surface area contributed by atoms with Gasteiger partial charge in [-0.25, -0.2) is 4.98 Å². The average molecular weight is 352 g/mol. The van der Waals surface area contributed by atoms with E-state index >= 15 is 0 Å². The molecule has 0 bridgehead atoms. The number of pyridine rings is 1. The molecule has 0 N–H and O–H groups in total. The van der Waals surface area contributed by atoms with Crippen LogP contribution in [-0.4, -0.2) is 47.1 Å². The molecule has 4 nitrogen and oxygen atoms in total. The van der Waals surface area contributed by atoms with Crippen LogP contribution in [0.2, 0.25) is 0 Å². The molecule has 5 heteroatoms. The van der Waals surface area contributed by atoms with Crippen molar-refractivity contribution in [3.63, 3.8) is 0 Å². The van der Waals surface area contributed by atoms with E-state index in [4.69, 9.17) is 4.98 Å². The van der Waals surface area contributed by atoms with E-state index in [2.05, 4.69) is 76.6 Å². The molecule has 1 fully saturated rings. The van der Waals surface area contributed by atoms with Crippen molar-refractivity contribution in [3.8, 4) is 0 Å². The molecule has 0 aliphatic carbocycles. The smallest absolute Gasteiger partial charge is 0.137 e. The Kier molecular flexibility index (Phi) is 4.74. The molecular weight excluding hydrogens is 327 g/mol. The normalized spacial score (nSPS) is 16.3. The van der Waals surface area contributed by atoms with Crippen LogP contribution in [0.1, 0.15) is 11.3 Å². The molecular formula is C20H25N4P. The summed E-state index contributed by atoms with van der Waals surface area (Å²) in [7, 11) is 0.874. The molecule has 1 unspecified atom stereocenters. The molecule has 0 amide bonds. The highest BCUT2D eigenvalue weighted by molar-refractivity contribution is 7.46. The second-order valence-electron chi connectivity index (χ2n) is 6.76. The number of aromatic nitrogens is 2. The van der Waals surface area contributed by atoms with Gasteiger partial charge in [-0.05, 0) is 48.7 Å². The lowest BCUT2D eigenvalue weighted by Gasteiger charge is -2.35. The highest BCUT2D eigenvalue weighted by atomic mass is 31.1. The topological polar surface area (TPSA) is 23.8 Å². The zero-order valence-corrected chi connectivity index (χ0v) is 15.9. The van der Waals surface area contributed by atoms with Crippen molar-refractivity contribution >= 4 is 25.2 Å². The van der Waals surface area contributed by atoms with Crippen molar-refractivity contribution < 1.29 is 0 Å². The quantitative estimate of drug-likeness (QED) is 0.675. The zero-order chi connectivity index (χ0) is 17.2. The van der Waals surface area contributed by atoms with Crippen molar-refractivity contribution in [2.45, 2.75) is 13.5 Å². The van der Waals surface area contributed by atoms with Gasteiger partial charge < -0.3 is 9.30 Å². The van der Waals surface area contributed by atoms with E-state index in [0.29, 0.717) is 0 Å². The fourth-order valence-corrected chi connectivity index (χ4v) is 3.94. The number of piperazine rings is 1. The summed E-state index contributed by atoms with van der Waals surface area (Å²) in [5, 5.41) is 1.43. The van der Waals surface area contributed by atoms with Gasteiger partial charge >= 0.3 is 0 Å². The van der Waals surface area contributed by atoms with Crippen LogP contribution in [0.3, 0.4) is 0 Å². The summed E-state index contributed by atoms with van der Waals surface area (Å²) >= 11 is 0. The van der Waals surface area contributed by atoms with Gasteiger partial charge in [-0.1, -0.05) is 20.7 Å². The zero-order valence-electron chi connectivity index (χ0n) is 14.9. The predicted octanol–water partition coefficient (Wildman–Crippen LogP) is 2.90. The molecule has 1 aliphatic heterocycles. The van der Waals surface area contributed by atoms with Crippen molar-refractivity contribution in [1.82, 2.24) is 14.3 Å². The Labute approximate surface area is 151 Å². The van der Waals surface area contributed by atoms with E-state index in [1.165, 1.54) is 16.6 Å². The molecule has 130 valence electrons. The molecule has 4 rings (SSSR count). The van der Waals surface area contributed by atoms with Gasteiger partial charge in [-0.2, -0.15) is 0 Å². The molecule has 2 aromatic heterocycles. The SMILES string of the molecule is CPc1ccc(N2CCN(Cc3cn4ccc(C)cc4n3)CC2)cc1. The summed E-state index contributed by atoms with van der Waals surface area (Å²) in [4.78, 5) is 9.77. The minimum absolute atomic E-state index is 0.874. The van der Waals surface area contributed by atoms with Crippen LogP contribution in [0, 0.1) is 6.92 Å². The van der Waals surface area contributed by atoms with Gasteiger partial charge in [0.25, 0.3) is 0 Å². The largest absolute Gasteiger partial charge is 0.369 e. The molecule has 1 aromatic carbocycles. The maximum Gasteiger partial charge on any atom is 0.137 e. The van der Waals surface area contributed by atoms with Gasteiger partial charge in [0.05, 0.1) is 5.69 Å². The number of nitrogens with zero attached hydrogens (tertiary/aromatic N) is 4. The van der Waals surface area contributed by atoms with E-state index in [0.717, 1.165) is 52.6 Å². The fraction of sp³-hybridized carbons (Fsp3) is 0.350. The third-order valence-electron chi connectivity index (χ3n) is 4.94. The van der Waals surface area contributed by atoms with Gasteiger partial charge in [-0.3, -0.25) is 4.90 Å². The predicted molar refractivity (Wildman–Crippen MR) is 108 cm³/mol. The van der Waals surface area contributed by atoms with Gasteiger partial charge in [-0.15, -0.1) is 0 Å². The molecule has 1 saturated heterocycles. The average Bonchev–Trinajstić information content (AvgIpc) is 3.04. The minimum atomic E-state index is 0.874. The number of aryl methyl sites for hydroxylation is 1. The molecule has 0 spiro atoms. The number of imidazole rings is 1. The van der Waals surface area contributed by atoms with Gasteiger partial charge in [0.15, 0.2) is 0 Å². The number of anilines is 1. The summed E-state index contributed by atoms with van der Waals surface area (Å²) in [6.45, 7) is 9.62. The Balaban J connectivity index is 1.37. The van der Waals surface area contributed by atoms with Crippen LogP contribution in [0.4, 0.5) is 5.69 Å². The number of fused-ring (bicyclic) bond motifs is 1. The molecule has 1 aliphatic rings. The number of rotatable bonds is 4. The molecule has 3 heterocycles. The second-order valence-corrected chi connectivity index (χ2v) is 7.84. The Bertz CT molecular complexity index is 848. The first-order valence-corrected chi connectivity index (χ1v) is 10.4. The van der Waals surface area contributed by atoms with Crippen LogP contribution < -0.4 is 10.2 Å². The van der Waals surface area contributed by atoms with Crippen LogP contribution in [-0.2, 0) is 6.54 Å². The van der Waals surface area contributed by atoms with E-state index in [1.807, 2.05) is 0 Å². The Morgan fingerprint density at radius 1 is 1.04 bits per heavy atom. The van der Waals surface area contributed by atoms with Crippen molar-refractivity contribution in [2.24, 2.45) is 0 Å².